The summed E-state index contributed by atoms with van der Waals surface area (Å²) in [6.07, 6.45) is 3.25. The van der Waals surface area contributed by atoms with E-state index in [9.17, 15) is 0 Å². The van der Waals surface area contributed by atoms with Crippen molar-refractivity contribution in [2.45, 2.75) is 0 Å². The minimum atomic E-state index is 0.938. The number of fused-ring (bicyclic) bond motifs is 1. The van der Waals surface area contributed by atoms with E-state index in [2.05, 4.69) is 4.98 Å². The standard InChI is InChI=1S/C9H8N2/c10-6-8-3-1-2-7-4-5-11-9(7)8/h1-6,10-11H. The number of hydrogen-bond acceptors (Lipinski definition) is 1. The van der Waals surface area contributed by atoms with Gasteiger partial charge in [0.1, 0.15) is 0 Å². The summed E-state index contributed by atoms with van der Waals surface area (Å²) in [7, 11) is 0. The zero-order chi connectivity index (χ0) is 7.68. The number of aromatic amines is 1. The minimum absolute atomic E-state index is 0.938. The van der Waals surface area contributed by atoms with Gasteiger partial charge in [0, 0.05) is 23.4 Å². The molecule has 0 fully saturated rings. The van der Waals surface area contributed by atoms with Crippen molar-refractivity contribution < 1.29 is 0 Å². The van der Waals surface area contributed by atoms with Gasteiger partial charge in [0.05, 0.1) is 5.52 Å². The third kappa shape index (κ3) is 0.835. The van der Waals surface area contributed by atoms with Gasteiger partial charge in [0.25, 0.3) is 0 Å². The molecule has 0 aliphatic rings. The molecule has 2 N–H and O–H groups in total. The first-order chi connectivity index (χ1) is 5.42. The number of para-hydroxylation sites is 1. The predicted molar refractivity (Wildman–Crippen MR) is 46.2 cm³/mol. The van der Waals surface area contributed by atoms with Gasteiger partial charge in [-0.2, -0.15) is 0 Å². The zero-order valence-electron chi connectivity index (χ0n) is 5.96. The van der Waals surface area contributed by atoms with Crippen LogP contribution in [-0.2, 0) is 0 Å². The molecule has 2 nitrogen and oxygen atoms in total. The lowest BCUT2D eigenvalue weighted by Gasteiger charge is -1.93. The van der Waals surface area contributed by atoms with Crippen molar-refractivity contribution in [2.24, 2.45) is 0 Å². The fraction of sp³-hybridized carbons (Fsp3) is 0. The Bertz CT molecular complexity index is 387. The van der Waals surface area contributed by atoms with Crippen LogP contribution < -0.4 is 0 Å². The van der Waals surface area contributed by atoms with Crippen molar-refractivity contribution in [3.63, 3.8) is 0 Å². The van der Waals surface area contributed by atoms with Gasteiger partial charge in [-0.25, -0.2) is 0 Å². The molecule has 0 radical (unpaired) electrons. The molecule has 1 heterocycles. The molecule has 2 heteroatoms. The Hall–Kier alpha value is -1.57. The Morgan fingerprint density at radius 3 is 3.00 bits per heavy atom. The summed E-state index contributed by atoms with van der Waals surface area (Å²) in [5.41, 5.74) is 1.98. The van der Waals surface area contributed by atoms with Crippen LogP contribution in [0.1, 0.15) is 5.56 Å². The lowest BCUT2D eigenvalue weighted by Crippen LogP contribution is -1.80. The van der Waals surface area contributed by atoms with Crippen LogP contribution in [-0.4, -0.2) is 11.2 Å². The minimum Gasteiger partial charge on any atom is -0.361 e. The quantitative estimate of drug-likeness (QED) is 0.576. The van der Waals surface area contributed by atoms with Gasteiger partial charge in [-0.1, -0.05) is 18.2 Å². The highest BCUT2D eigenvalue weighted by Crippen LogP contribution is 2.14. The van der Waals surface area contributed by atoms with Crippen molar-refractivity contribution in [3.05, 3.63) is 36.0 Å². The number of nitrogens with one attached hydrogen (secondary N) is 2. The monoisotopic (exact) mass is 144 g/mol. The van der Waals surface area contributed by atoms with E-state index in [1.54, 1.807) is 0 Å². The Labute approximate surface area is 64.4 Å². The van der Waals surface area contributed by atoms with Crippen LogP contribution in [0.3, 0.4) is 0 Å². The van der Waals surface area contributed by atoms with Crippen molar-refractivity contribution >= 4 is 17.1 Å². The lowest BCUT2D eigenvalue weighted by atomic mass is 10.2. The number of H-pyrrole nitrogens is 1. The second-order valence-electron chi connectivity index (χ2n) is 2.43. The molecule has 2 aromatic rings. The highest BCUT2D eigenvalue weighted by atomic mass is 14.7. The van der Waals surface area contributed by atoms with Gasteiger partial charge in [-0.05, 0) is 6.07 Å². The summed E-state index contributed by atoms with van der Waals surface area (Å²) < 4.78 is 0. The fourth-order valence-corrected chi connectivity index (χ4v) is 1.23. The van der Waals surface area contributed by atoms with Gasteiger partial charge in [-0.15, -0.1) is 0 Å². The van der Waals surface area contributed by atoms with Crippen molar-refractivity contribution in [3.8, 4) is 0 Å². The molecule has 0 saturated carbocycles. The summed E-state index contributed by atoms with van der Waals surface area (Å²) in [5.74, 6) is 0. The first kappa shape index (κ1) is 6.16. The summed E-state index contributed by atoms with van der Waals surface area (Å²) in [6.45, 7) is 0. The second kappa shape index (κ2) is 2.23. The van der Waals surface area contributed by atoms with Crippen molar-refractivity contribution in [2.75, 3.05) is 0 Å². The van der Waals surface area contributed by atoms with Gasteiger partial charge in [-0.3, -0.25) is 0 Å². The van der Waals surface area contributed by atoms with Crippen LogP contribution in [0.15, 0.2) is 30.5 Å². The Kier molecular flexibility index (Phi) is 1.25. The van der Waals surface area contributed by atoms with E-state index in [4.69, 9.17) is 5.41 Å². The average Bonchev–Trinajstić information content (AvgIpc) is 2.50. The number of benzene rings is 1. The van der Waals surface area contributed by atoms with E-state index in [1.807, 2.05) is 30.5 Å². The fourth-order valence-electron chi connectivity index (χ4n) is 1.23. The first-order valence-corrected chi connectivity index (χ1v) is 3.48. The van der Waals surface area contributed by atoms with Crippen LogP contribution >= 0.6 is 0 Å². The normalized spacial score (nSPS) is 10.2. The van der Waals surface area contributed by atoms with E-state index in [-0.39, 0.29) is 0 Å². The molecule has 0 saturated heterocycles. The average molecular weight is 144 g/mol. The molecular weight excluding hydrogens is 136 g/mol. The molecule has 1 aromatic heterocycles. The van der Waals surface area contributed by atoms with Crippen LogP contribution in [0.5, 0.6) is 0 Å². The van der Waals surface area contributed by atoms with Crippen LogP contribution in [0, 0.1) is 5.41 Å². The zero-order valence-corrected chi connectivity index (χ0v) is 5.96. The van der Waals surface area contributed by atoms with Crippen LogP contribution in [0.4, 0.5) is 0 Å². The van der Waals surface area contributed by atoms with Crippen molar-refractivity contribution in [1.29, 1.82) is 5.41 Å². The van der Waals surface area contributed by atoms with Gasteiger partial charge < -0.3 is 10.4 Å². The molecule has 11 heavy (non-hydrogen) atoms. The Morgan fingerprint density at radius 2 is 2.18 bits per heavy atom. The molecule has 0 amide bonds. The molecule has 1 aromatic carbocycles. The van der Waals surface area contributed by atoms with Gasteiger partial charge in [0.2, 0.25) is 0 Å². The summed E-state index contributed by atoms with van der Waals surface area (Å²) >= 11 is 0. The summed E-state index contributed by atoms with van der Waals surface area (Å²) in [4.78, 5) is 3.09. The SMILES string of the molecule is N=Cc1cccc2cc[nH]c12. The molecular formula is C9H8N2. The van der Waals surface area contributed by atoms with Gasteiger partial charge in [0.15, 0.2) is 0 Å². The number of aromatic nitrogens is 1. The molecule has 0 atom stereocenters. The molecule has 0 spiro atoms. The molecule has 0 bridgehead atoms. The summed E-state index contributed by atoms with van der Waals surface area (Å²) in [5, 5.41) is 8.28. The highest BCUT2D eigenvalue weighted by molar-refractivity contribution is 5.96. The molecule has 0 unspecified atom stereocenters. The molecule has 54 valence electrons. The highest BCUT2D eigenvalue weighted by Gasteiger charge is 1.96. The molecule has 0 aliphatic heterocycles. The largest absolute Gasteiger partial charge is 0.361 e. The smallest absolute Gasteiger partial charge is 0.0542 e. The first-order valence-electron chi connectivity index (χ1n) is 3.48. The molecule has 2 rings (SSSR count). The maximum atomic E-state index is 7.12. The Morgan fingerprint density at radius 1 is 1.27 bits per heavy atom. The Balaban J connectivity index is 2.88. The maximum absolute atomic E-state index is 7.12. The van der Waals surface area contributed by atoms with Crippen LogP contribution in [0.2, 0.25) is 0 Å². The second-order valence-corrected chi connectivity index (χ2v) is 2.43. The van der Waals surface area contributed by atoms with E-state index >= 15 is 0 Å². The number of rotatable bonds is 1. The molecule has 0 aliphatic carbocycles. The van der Waals surface area contributed by atoms with Gasteiger partial charge >= 0.3 is 0 Å². The van der Waals surface area contributed by atoms with Crippen LogP contribution in [0.25, 0.3) is 10.9 Å². The predicted octanol–water partition coefficient (Wildman–Crippen LogP) is 2.17. The summed E-state index contributed by atoms with van der Waals surface area (Å²) in [6, 6.07) is 7.91. The van der Waals surface area contributed by atoms with E-state index in [0.717, 1.165) is 16.5 Å². The van der Waals surface area contributed by atoms with E-state index < -0.39 is 0 Å². The van der Waals surface area contributed by atoms with E-state index in [1.165, 1.54) is 6.21 Å². The van der Waals surface area contributed by atoms with E-state index in [0.29, 0.717) is 0 Å². The lowest BCUT2D eigenvalue weighted by molar-refractivity contribution is 1.46. The maximum Gasteiger partial charge on any atom is 0.0542 e. The third-order valence-electron chi connectivity index (χ3n) is 1.77. The third-order valence-corrected chi connectivity index (χ3v) is 1.77. The number of hydrogen-bond donors (Lipinski definition) is 2. The topological polar surface area (TPSA) is 39.6 Å². The van der Waals surface area contributed by atoms with Crippen molar-refractivity contribution in [1.82, 2.24) is 4.98 Å².